The van der Waals surface area contributed by atoms with Gasteiger partial charge in [0.25, 0.3) is 0 Å². The third kappa shape index (κ3) is 2.49. The SMILES string of the molecule is NNc1nc(N)cc(Cc2cccc(F)c2)c1N. The third-order valence-electron chi connectivity index (χ3n) is 2.58. The van der Waals surface area contributed by atoms with Gasteiger partial charge in [-0.2, -0.15) is 0 Å². The van der Waals surface area contributed by atoms with Crippen LogP contribution in [0.3, 0.4) is 0 Å². The topological polar surface area (TPSA) is 103 Å². The van der Waals surface area contributed by atoms with E-state index in [0.29, 0.717) is 23.7 Å². The number of nitrogen functional groups attached to an aromatic ring is 3. The van der Waals surface area contributed by atoms with Crippen molar-refractivity contribution in [1.82, 2.24) is 4.98 Å². The van der Waals surface area contributed by atoms with E-state index in [1.165, 1.54) is 12.1 Å². The maximum absolute atomic E-state index is 13.1. The highest BCUT2D eigenvalue weighted by Crippen LogP contribution is 2.24. The number of halogens is 1. The summed E-state index contributed by atoms with van der Waals surface area (Å²) in [6.45, 7) is 0. The van der Waals surface area contributed by atoms with E-state index >= 15 is 0 Å². The van der Waals surface area contributed by atoms with Gasteiger partial charge in [0.1, 0.15) is 11.6 Å². The molecule has 0 saturated carbocycles. The number of nitrogens with one attached hydrogen (secondary N) is 1. The average Bonchev–Trinajstić information content (AvgIpc) is 2.33. The summed E-state index contributed by atoms with van der Waals surface area (Å²) >= 11 is 0. The molecule has 18 heavy (non-hydrogen) atoms. The summed E-state index contributed by atoms with van der Waals surface area (Å²) in [5, 5.41) is 0. The fourth-order valence-electron chi connectivity index (χ4n) is 1.75. The summed E-state index contributed by atoms with van der Waals surface area (Å²) in [5.74, 6) is 5.64. The lowest BCUT2D eigenvalue weighted by atomic mass is 10.0. The van der Waals surface area contributed by atoms with E-state index in [2.05, 4.69) is 10.4 Å². The summed E-state index contributed by atoms with van der Waals surface area (Å²) in [7, 11) is 0. The van der Waals surface area contributed by atoms with Gasteiger partial charge in [0.2, 0.25) is 0 Å². The number of rotatable bonds is 3. The Morgan fingerprint density at radius 1 is 1.22 bits per heavy atom. The smallest absolute Gasteiger partial charge is 0.165 e. The summed E-state index contributed by atoms with van der Waals surface area (Å²) in [4.78, 5) is 3.95. The first-order valence-electron chi connectivity index (χ1n) is 5.36. The number of hydrogen-bond donors (Lipinski definition) is 4. The summed E-state index contributed by atoms with van der Waals surface area (Å²) < 4.78 is 13.1. The Labute approximate surface area is 104 Å². The van der Waals surface area contributed by atoms with Crippen molar-refractivity contribution in [2.24, 2.45) is 5.84 Å². The Morgan fingerprint density at radius 2 is 2.00 bits per heavy atom. The van der Waals surface area contributed by atoms with Crippen LogP contribution >= 0.6 is 0 Å². The van der Waals surface area contributed by atoms with E-state index in [9.17, 15) is 4.39 Å². The van der Waals surface area contributed by atoms with E-state index in [1.54, 1.807) is 12.1 Å². The molecule has 0 aliphatic heterocycles. The lowest BCUT2D eigenvalue weighted by molar-refractivity contribution is 0.626. The Hall–Kier alpha value is -2.34. The minimum atomic E-state index is -0.287. The molecule has 0 saturated heterocycles. The van der Waals surface area contributed by atoms with E-state index in [4.69, 9.17) is 17.3 Å². The molecule has 0 spiro atoms. The molecule has 2 aromatic rings. The first kappa shape index (κ1) is 12.1. The second-order valence-electron chi connectivity index (χ2n) is 3.92. The van der Waals surface area contributed by atoms with Crippen molar-refractivity contribution < 1.29 is 4.39 Å². The minimum absolute atomic E-state index is 0.287. The van der Waals surface area contributed by atoms with E-state index in [1.807, 2.05) is 6.07 Å². The van der Waals surface area contributed by atoms with Crippen LogP contribution in [0.4, 0.5) is 21.7 Å². The molecule has 6 heteroatoms. The van der Waals surface area contributed by atoms with Crippen LogP contribution < -0.4 is 22.7 Å². The van der Waals surface area contributed by atoms with Crippen LogP contribution in [0, 0.1) is 5.82 Å². The van der Waals surface area contributed by atoms with Gasteiger partial charge in [0.15, 0.2) is 5.82 Å². The zero-order valence-electron chi connectivity index (χ0n) is 9.65. The maximum atomic E-state index is 13.1. The van der Waals surface area contributed by atoms with Crippen molar-refractivity contribution >= 4 is 17.3 Å². The number of hydrazine groups is 1. The molecule has 1 heterocycles. The lowest BCUT2D eigenvalue weighted by Crippen LogP contribution is -2.13. The minimum Gasteiger partial charge on any atom is -0.395 e. The van der Waals surface area contributed by atoms with Gasteiger partial charge in [-0.1, -0.05) is 12.1 Å². The van der Waals surface area contributed by atoms with Gasteiger partial charge in [-0.05, 0) is 35.7 Å². The quantitative estimate of drug-likeness (QED) is 0.483. The van der Waals surface area contributed by atoms with Crippen LogP contribution in [-0.2, 0) is 6.42 Å². The van der Waals surface area contributed by atoms with Gasteiger partial charge in [-0.25, -0.2) is 15.2 Å². The molecule has 0 aliphatic carbocycles. The van der Waals surface area contributed by atoms with Crippen molar-refractivity contribution in [3.05, 3.63) is 47.3 Å². The fourth-order valence-corrected chi connectivity index (χ4v) is 1.75. The summed E-state index contributed by atoms with van der Waals surface area (Å²) in [5.41, 5.74) is 15.9. The average molecular weight is 247 g/mol. The molecule has 0 unspecified atom stereocenters. The molecule has 0 aliphatic rings. The highest BCUT2D eigenvalue weighted by atomic mass is 19.1. The predicted octanol–water partition coefficient (Wildman–Crippen LogP) is 1.26. The highest BCUT2D eigenvalue weighted by molar-refractivity contribution is 5.68. The molecule has 0 atom stereocenters. The normalized spacial score (nSPS) is 10.3. The zero-order chi connectivity index (χ0) is 13.1. The molecule has 2 rings (SSSR count). The summed E-state index contributed by atoms with van der Waals surface area (Å²) in [6.07, 6.45) is 0.463. The Balaban J connectivity index is 2.37. The van der Waals surface area contributed by atoms with Crippen LogP contribution in [0.5, 0.6) is 0 Å². The van der Waals surface area contributed by atoms with Crippen LogP contribution in [0.2, 0.25) is 0 Å². The number of nitrogens with two attached hydrogens (primary N) is 3. The van der Waals surface area contributed by atoms with Crippen LogP contribution in [0.25, 0.3) is 0 Å². The fraction of sp³-hybridized carbons (Fsp3) is 0.0833. The second kappa shape index (κ2) is 4.89. The van der Waals surface area contributed by atoms with Crippen molar-refractivity contribution in [2.75, 3.05) is 16.9 Å². The van der Waals surface area contributed by atoms with Gasteiger partial charge >= 0.3 is 0 Å². The van der Waals surface area contributed by atoms with Gasteiger partial charge in [-0.15, -0.1) is 0 Å². The zero-order valence-corrected chi connectivity index (χ0v) is 9.65. The molecule has 0 radical (unpaired) electrons. The Morgan fingerprint density at radius 3 is 2.67 bits per heavy atom. The summed E-state index contributed by atoms with van der Waals surface area (Å²) in [6, 6.07) is 7.95. The molecule has 0 amide bonds. The van der Waals surface area contributed by atoms with Crippen LogP contribution in [-0.4, -0.2) is 4.98 Å². The number of hydrogen-bond acceptors (Lipinski definition) is 5. The van der Waals surface area contributed by atoms with Gasteiger partial charge in [0.05, 0.1) is 5.69 Å². The predicted molar refractivity (Wildman–Crippen MR) is 70.1 cm³/mol. The lowest BCUT2D eigenvalue weighted by Gasteiger charge is -2.11. The van der Waals surface area contributed by atoms with Gasteiger partial charge in [0, 0.05) is 0 Å². The molecule has 0 fully saturated rings. The van der Waals surface area contributed by atoms with E-state index < -0.39 is 0 Å². The van der Waals surface area contributed by atoms with Crippen LogP contribution in [0.15, 0.2) is 30.3 Å². The molecule has 1 aromatic carbocycles. The van der Waals surface area contributed by atoms with Gasteiger partial charge in [-0.3, -0.25) is 0 Å². The number of aromatic nitrogens is 1. The molecular weight excluding hydrogens is 233 g/mol. The molecule has 0 bridgehead atoms. The second-order valence-corrected chi connectivity index (χ2v) is 3.92. The highest BCUT2D eigenvalue weighted by Gasteiger charge is 2.09. The monoisotopic (exact) mass is 247 g/mol. The maximum Gasteiger partial charge on any atom is 0.165 e. The largest absolute Gasteiger partial charge is 0.395 e. The number of anilines is 3. The number of benzene rings is 1. The molecule has 94 valence electrons. The Kier molecular flexibility index (Phi) is 3.29. The molecule has 1 aromatic heterocycles. The Bertz CT molecular complexity index is 570. The van der Waals surface area contributed by atoms with Crippen molar-refractivity contribution in [3.63, 3.8) is 0 Å². The first-order valence-corrected chi connectivity index (χ1v) is 5.36. The molecular formula is C12H14FN5. The molecule has 7 N–H and O–H groups in total. The van der Waals surface area contributed by atoms with E-state index in [-0.39, 0.29) is 5.82 Å². The number of pyridine rings is 1. The first-order chi connectivity index (χ1) is 8.60. The van der Waals surface area contributed by atoms with Crippen molar-refractivity contribution in [3.8, 4) is 0 Å². The number of nitrogens with zero attached hydrogens (tertiary/aromatic N) is 1. The van der Waals surface area contributed by atoms with Crippen molar-refractivity contribution in [2.45, 2.75) is 6.42 Å². The van der Waals surface area contributed by atoms with Gasteiger partial charge < -0.3 is 16.9 Å². The van der Waals surface area contributed by atoms with E-state index in [0.717, 1.165) is 11.1 Å². The molecule has 5 nitrogen and oxygen atoms in total. The van der Waals surface area contributed by atoms with Crippen LogP contribution in [0.1, 0.15) is 11.1 Å². The third-order valence-corrected chi connectivity index (χ3v) is 2.58. The van der Waals surface area contributed by atoms with Crippen molar-refractivity contribution in [1.29, 1.82) is 0 Å². The standard InChI is InChI=1S/C12H14FN5/c13-9-3-1-2-7(5-9)4-8-6-10(14)17-12(18-16)11(8)15/h1-3,5-6H,4,15-16H2,(H3,14,17,18).